The summed E-state index contributed by atoms with van der Waals surface area (Å²) in [4.78, 5) is 22.2. The van der Waals surface area contributed by atoms with Crippen molar-refractivity contribution in [3.05, 3.63) is 89.6 Å². The molecule has 5 aromatic rings. The van der Waals surface area contributed by atoms with Crippen molar-refractivity contribution in [2.75, 3.05) is 58.8 Å². The number of benzene rings is 3. The molecule has 11 nitrogen and oxygen atoms in total. The first kappa shape index (κ1) is 31.9. The highest BCUT2D eigenvalue weighted by atomic mass is 19.1. The SMILES string of the molecule is COc1cc2c(Oc3ccc(NC(=O)c4cn(-c5c(C)cccc5C)nn4)cc3F)ccnc2cc1OCCCN1CCN(C)CC1. The number of likely N-dealkylation sites (N-methyl/N-ethyl adjacent to an activating group) is 1. The first-order chi connectivity index (χ1) is 22.8. The molecule has 244 valence electrons. The molecule has 0 radical (unpaired) electrons. The zero-order valence-corrected chi connectivity index (χ0v) is 27.0. The number of aromatic nitrogens is 4. The van der Waals surface area contributed by atoms with Crippen molar-refractivity contribution in [2.45, 2.75) is 20.3 Å². The van der Waals surface area contributed by atoms with Crippen molar-refractivity contribution in [3.63, 3.8) is 0 Å². The molecule has 3 heterocycles. The Morgan fingerprint density at radius 3 is 2.49 bits per heavy atom. The second-order valence-electron chi connectivity index (χ2n) is 11.7. The molecule has 0 unspecified atom stereocenters. The maximum atomic E-state index is 15.3. The van der Waals surface area contributed by atoms with Gasteiger partial charge in [-0.1, -0.05) is 23.4 Å². The summed E-state index contributed by atoms with van der Waals surface area (Å²) in [5.41, 5.74) is 3.83. The monoisotopic (exact) mass is 639 g/mol. The van der Waals surface area contributed by atoms with Gasteiger partial charge in [0.25, 0.3) is 5.91 Å². The Bertz CT molecular complexity index is 1870. The second kappa shape index (κ2) is 14.1. The van der Waals surface area contributed by atoms with Gasteiger partial charge in [-0.15, -0.1) is 5.10 Å². The van der Waals surface area contributed by atoms with Gasteiger partial charge in [0.05, 0.1) is 31.1 Å². The molecule has 1 fully saturated rings. The van der Waals surface area contributed by atoms with E-state index in [1.165, 1.54) is 12.1 Å². The molecule has 1 saturated heterocycles. The van der Waals surface area contributed by atoms with E-state index >= 15 is 4.39 Å². The fourth-order valence-corrected chi connectivity index (χ4v) is 5.65. The number of hydrogen-bond donors (Lipinski definition) is 1. The van der Waals surface area contributed by atoms with E-state index in [0.29, 0.717) is 34.8 Å². The Hall–Kier alpha value is -5.07. The first-order valence-electron chi connectivity index (χ1n) is 15.6. The Morgan fingerprint density at radius 1 is 0.957 bits per heavy atom. The van der Waals surface area contributed by atoms with Gasteiger partial charge < -0.3 is 29.3 Å². The maximum Gasteiger partial charge on any atom is 0.277 e. The van der Waals surface area contributed by atoms with Crippen LogP contribution in [0.15, 0.2) is 67.0 Å². The number of piperazine rings is 1. The van der Waals surface area contributed by atoms with E-state index in [1.54, 1.807) is 42.4 Å². The lowest BCUT2D eigenvalue weighted by atomic mass is 10.1. The third-order valence-electron chi connectivity index (χ3n) is 8.26. The number of rotatable bonds is 11. The number of fused-ring (bicyclic) bond motifs is 1. The lowest BCUT2D eigenvalue weighted by Crippen LogP contribution is -2.44. The van der Waals surface area contributed by atoms with Crippen LogP contribution in [0.5, 0.6) is 23.0 Å². The minimum absolute atomic E-state index is 0.0142. The molecule has 12 heteroatoms. The smallest absolute Gasteiger partial charge is 0.277 e. The van der Waals surface area contributed by atoms with E-state index in [-0.39, 0.29) is 17.1 Å². The van der Waals surface area contributed by atoms with Gasteiger partial charge in [-0.05, 0) is 62.7 Å². The van der Waals surface area contributed by atoms with Crippen LogP contribution in [-0.2, 0) is 0 Å². The minimum atomic E-state index is -0.653. The number of pyridine rings is 1. The molecular weight excluding hydrogens is 601 g/mol. The molecule has 1 amide bonds. The molecule has 47 heavy (non-hydrogen) atoms. The normalized spacial score (nSPS) is 13.9. The van der Waals surface area contributed by atoms with Gasteiger partial charge in [0.1, 0.15) is 5.75 Å². The molecule has 0 aliphatic carbocycles. The maximum absolute atomic E-state index is 15.3. The van der Waals surface area contributed by atoms with Crippen LogP contribution in [0.3, 0.4) is 0 Å². The molecule has 1 aliphatic heterocycles. The summed E-state index contributed by atoms with van der Waals surface area (Å²) in [5, 5.41) is 11.4. The van der Waals surface area contributed by atoms with Crippen LogP contribution in [0, 0.1) is 19.7 Å². The van der Waals surface area contributed by atoms with Gasteiger partial charge in [0, 0.05) is 62.1 Å². The van der Waals surface area contributed by atoms with Gasteiger partial charge in [-0.3, -0.25) is 9.78 Å². The van der Waals surface area contributed by atoms with E-state index < -0.39 is 11.7 Å². The molecular formula is C35H38FN7O4. The minimum Gasteiger partial charge on any atom is -0.493 e. The van der Waals surface area contributed by atoms with Gasteiger partial charge in [-0.2, -0.15) is 0 Å². The molecule has 2 aromatic heterocycles. The molecule has 6 rings (SSSR count). The van der Waals surface area contributed by atoms with Gasteiger partial charge in [-0.25, -0.2) is 9.07 Å². The van der Waals surface area contributed by atoms with Gasteiger partial charge in [0.2, 0.25) is 0 Å². The van der Waals surface area contributed by atoms with Crippen molar-refractivity contribution >= 4 is 22.5 Å². The number of halogens is 1. The quantitative estimate of drug-likeness (QED) is 0.184. The zero-order valence-electron chi connectivity index (χ0n) is 27.0. The number of aryl methyl sites for hydroxylation is 2. The average Bonchev–Trinajstić information content (AvgIpc) is 3.55. The number of nitrogens with one attached hydrogen (secondary N) is 1. The molecule has 1 aliphatic rings. The second-order valence-corrected chi connectivity index (χ2v) is 11.7. The number of ether oxygens (including phenoxy) is 3. The summed E-state index contributed by atoms with van der Waals surface area (Å²) in [6.45, 7) is 9.75. The van der Waals surface area contributed by atoms with Crippen LogP contribution in [0.25, 0.3) is 16.6 Å². The average molecular weight is 640 g/mol. The highest BCUT2D eigenvalue weighted by Gasteiger charge is 2.18. The Morgan fingerprint density at radius 2 is 1.74 bits per heavy atom. The van der Waals surface area contributed by atoms with Crippen LogP contribution in [0.2, 0.25) is 0 Å². The lowest BCUT2D eigenvalue weighted by Gasteiger charge is -2.32. The van der Waals surface area contributed by atoms with E-state index in [0.717, 1.165) is 56.0 Å². The fraction of sp³-hybridized carbons (Fsp3) is 0.314. The summed E-state index contributed by atoms with van der Waals surface area (Å²) >= 11 is 0. The summed E-state index contributed by atoms with van der Waals surface area (Å²) in [7, 11) is 3.72. The van der Waals surface area contributed by atoms with Crippen LogP contribution < -0.4 is 19.5 Å². The molecule has 0 spiro atoms. The summed E-state index contributed by atoms with van der Waals surface area (Å²) in [5.74, 6) is 0.333. The number of anilines is 1. The highest BCUT2D eigenvalue weighted by Crippen LogP contribution is 2.38. The summed E-state index contributed by atoms with van der Waals surface area (Å²) in [6, 6.07) is 15.3. The molecule has 3 aromatic carbocycles. The van der Waals surface area contributed by atoms with E-state index in [1.807, 2.05) is 38.1 Å². The number of hydrogen-bond acceptors (Lipinski definition) is 9. The number of carbonyl (C=O) groups excluding carboxylic acids is 1. The Balaban J connectivity index is 1.11. The number of carbonyl (C=O) groups is 1. The first-order valence-corrected chi connectivity index (χ1v) is 15.6. The largest absolute Gasteiger partial charge is 0.493 e. The van der Waals surface area contributed by atoms with Crippen LogP contribution in [0.4, 0.5) is 10.1 Å². The molecule has 1 N–H and O–H groups in total. The van der Waals surface area contributed by atoms with Crippen molar-refractivity contribution in [1.29, 1.82) is 0 Å². The van der Waals surface area contributed by atoms with E-state index in [9.17, 15) is 4.79 Å². The predicted molar refractivity (Wildman–Crippen MR) is 178 cm³/mol. The zero-order chi connectivity index (χ0) is 32.9. The van der Waals surface area contributed by atoms with Crippen LogP contribution >= 0.6 is 0 Å². The Labute approximate surface area is 272 Å². The third-order valence-corrected chi connectivity index (χ3v) is 8.26. The summed E-state index contributed by atoms with van der Waals surface area (Å²) < 4.78 is 34.5. The van der Waals surface area contributed by atoms with Crippen molar-refractivity contribution < 1.29 is 23.4 Å². The number of methoxy groups -OCH3 is 1. The van der Waals surface area contributed by atoms with Gasteiger partial charge in [0.15, 0.2) is 28.8 Å². The topological polar surface area (TPSA) is 107 Å². The number of para-hydroxylation sites is 1. The fourth-order valence-electron chi connectivity index (χ4n) is 5.65. The Kier molecular flexibility index (Phi) is 9.60. The number of nitrogens with zero attached hydrogens (tertiary/aromatic N) is 6. The lowest BCUT2D eigenvalue weighted by molar-refractivity contribution is 0.102. The highest BCUT2D eigenvalue weighted by molar-refractivity contribution is 6.02. The van der Waals surface area contributed by atoms with E-state index in [2.05, 4.69) is 37.5 Å². The van der Waals surface area contributed by atoms with Crippen molar-refractivity contribution in [3.8, 4) is 28.7 Å². The molecule has 0 bridgehead atoms. The van der Waals surface area contributed by atoms with Crippen LogP contribution in [-0.4, -0.2) is 89.2 Å². The molecule has 0 saturated carbocycles. The summed E-state index contributed by atoms with van der Waals surface area (Å²) in [6.07, 6.45) is 4.04. The third kappa shape index (κ3) is 7.34. The number of amides is 1. The molecule has 0 atom stereocenters. The standard InChI is InChI=1S/C35H38FN7O4/c1-23-7-5-8-24(2)34(23)43-22-29(39-40-43)35(44)38-25-9-10-31(27(36)19-25)47-30-11-12-37-28-21-33(32(45-4)20-26(28)30)46-18-6-13-42-16-14-41(3)15-17-42/h5,7-12,19-22H,6,13-18H2,1-4H3,(H,38,44). The van der Waals surface area contributed by atoms with Crippen LogP contribution in [0.1, 0.15) is 28.0 Å². The predicted octanol–water partition coefficient (Wildman–Crippen LogP) is 5.64. The van der Waals surface area contributed by atoms with Crippen molar-refractivity contribution in [2.24, 2.45) is 0 Å². The van der Waals surface area contributed by atoms with Crippen molar-refractivity contribution in [1.82, 2.24) is 29.8 Å². The van der Waals surface area contributed by atoms with Gasteiger partial charge >= 0.3 is 0 Å². The van der Waals surface area contributed by atoms with E-state index in [4.69, 9.17) is 14.2 Å².